The van der Waals surface area contributed by atoms with Crippen LogP contribution in [-0.2, 0) is 16.4 Å². The molecule has 0 radical (unpaired) electrons. The molecule has 0 aliphatic rings. The number of rotatable bonds is 3. The van der Waals surface area contributed by atoms with Crippen molar-refractivity contribution in [3.63, 3.8) is 0 Å². The predicted molar refractivity (Wildman–Crippen MR) is 83.8 cm³/mol. The zero-order valence-corrected chi connectivity index (χ0v) is 13.6. The number of carbonyl (C=O) groups excluding carboxylic acids is 1. The Bertz CT molecular complexity index is 899. The van der Waals surface area contributed by atoms with Gasteiger partial charge in [0.1, 0.15) is 0 Å². The maximum Gasteiger partial charge on any atom is 0.417 e. The average molecular weight is 397 g/mol. The van der Waals surface area contributed by atoms with Crippen molar-refractivity contribution in [3.8, 4) is 0 Å². The van der Waals surface area contributed by atoms with Gasteiger partial charge >= 0.3 is 22.4 Å². The summed E-state index contributed by atoms with van der Waals surface area (Å²) in [5.74, 6) is 0. The van der Waals surface area contributed by atoms with Crippen LogP contribution in [0.1, 0.15) is 5.56 Å². The van der Waals surface area contributed by atoms with Crippen LogP contribution in [0.4, 0.5) is 33.2 Å². The first kappa shape index (κ1) is 19.0. The van der Waals surface area contributed by atoms with E-state index in [4.69, 9.17) is 11.6 Å². The Kier molecular flexibility index (Phi) is 5.23. The smallest absolute Gasteiger partial charge is 0.308 e. The van der Waals surface area contributed by atoms with Crippen molar-refractivity contribution in [3.05, 3.63) is 53.1 Å². The molecule has 11 heteroatoms. The number of anilines is 2. The van der Waals surface area contributed by atoms with Crippen molar-refractivity contribution in [1.29, 1.82) is 0 Å². The van der Waals surface area contributed by atoms with Crippen LogP contribution < -0.4 is 10.6 Å². The lowest BCUT2D eigenvalue weighted by molar-refractivity contribution is -0.137. The topological polar surface area (TPSA) is 75.3 Å². The van der Waals surface area contributed by atoms with Crippen LogP contribution in [-0.4, -0.2) is 14.4 Å². The first-order valence-corrected chi connectivity index (χ1v) is 8.22. The molecule has 25 heavy (non-hydrogen) atoms. The predicted octanol–water partition coefficient (Wildman–Crippen LogP) is 4.66. The fourth-order valence-corrected chi connectivity index (χ4v) is 2.50. The molecule has 0 spiro atoms. The SMILES string of the molecule is O=C(Nc1ccc(S(=O)(=O)F)cc1)Nc1ccc(Cl)c(C(F)(F)F)c1. The Labute approximate surface area is 144 Å². The summed E-state index contributed by atoms with van der Waals surface area (Å²) in [5.41, 5.74) is -1.16. The van der Waals surface area contributed by atoms with Crippen LogP contribution in [0.2, 0.25) is 5.02 Å². The van der Waals surface area contributed by atoms with Gasteiger partial charge in [0.25, 0.3) is 0 Å². The van der Waals surface area contributed by atoms with Gasteiger partial charge in [0.15, 0.2) is 0 Å². The Morgan fingerprint density at radius 3 is 2.00 bits per heavy atom. The van der Waals surface area contributed by atoms with Crippen LogP contribution in [0.5, 0.6) is 0 Å². The van der Waals surface area contributed by atoms with Crippen LogP contribution in [0, 0.1) is 0 Å². The van der Waals surface area contributed by atoms with E-state index in [0.29, 0.717) is 6.07 Å². The molecule has 5 nitrogen and oxygen atoms in total. The molecular weight excluding hydrogens is 388 g/mol. The van der Waals surface area contributed by atoms with E-state index >= 15 is 0 Å². The maximum absolute atomic E-state index is 12.8. The summed E-state index contributed by atoms with van der Waals surface area (Å²) in [5, 5.41) is 3.92. The van der Waals surface area contributed by atoms with Crippen LogP contribution >= 0.6 is 11.6 Å². The maximum atomic E-state index is 12.8. The van der Waals surface area contributed by atoms with Crippen molar-refractivity contribution >= 4 is 39.2 Å². The summed E-state index contributed by atoms with van der Waals surface area (Å²) in [7, 11) is -4.87. The van der Waals surface area contributed by atoms with Gasteiger partial charge in [-0.05, 0) is 42.5 Å². The average Bonchev–Trinajstić information content (AvgIpc) is 2.47. The highest BCUT2D eigenvalue weighted by atomic mass is 35.5. The highest BCUT2D eigenvalue weighted by Crippen LogP contribution is 2.36. The number of urea groups is 1. The van der Waals surface area contributed by atoms with E-state index in [1.165, 1.54) is 6.07 Å². The quantitative estimate of drug-likeness (QED) is 0.585. The molecule has 0 fully saturated rings. The minimum atomic E-state index is -4.87. The number of nitrogens with one attached hydrogen (secondary N) is 2. The summed E-state index contributed by atoms with van der Waals surface area (Å²) in [6, 6.07) is 6.04. The van der Waals surface area contributed by atoms with Crippen molar-refractivity contribution in [2.24, 2.45) is 0 Å². The van der Waals surface area contributed by atoms with Gasteiger partial charge in [0, 0.05) is 11.4 Å². The minimum absolute atomic E-state index is 0.106. The lowest BCUT2D eigenvalue weighted by Gasteiger charge is -2.12. The van der Waals surface area contributed by atoms with E-state index in [1.54, 1.807) is 0 Å². The molecule has 0 bridgehead atoms. The normalized spacial score (nSPS) is 11.9. The van der Waals surface area contributed by atoms with Gasteiger partial charge < -0.3 is 10.6 Å². The summed E-state index contributed by atoms with van der Waals surface area (Å²) in [6.07, 6.45) is -4.68. The third-order valence-corrected chi connectivity index (χ3v) is 4.09. The van der Waals surface area contributed by atoms with E-state index < -0.39 is 37.9 Å². The molecule has 0 atom stereocenters. The lowest BCUT2D eigenvalue weighted by atomic mass is 10.2. The Balaban J connectivity index is 2.10. The van der Waals surface area contributed by atoms with Gasteiger partial charge in [-0.25, -0.2) is 4.79 Å². The molecule has 2 rings (SSSR count). The Morgan fingerprint density at radius 1 is 0.960 bits per heavy atom. The van der Waals surface area contributed by atoms with E-state index in [0.717, 1.165) is 30.3 Å². The minimum Gasteiger partial charge on any atom is -0.308 e. The number of benzene rings is 2. The number of hydrogen-bond acceptors (Lipinski definition) is 3. The number of amides is 2. The molecule has 0 aliphatic heterocycles. The Hall–Kier alpha value is -2.33. The zero-order chi connectivity index (χ0) is 18.8. The fraction of sp³-hybridized carbons (Fsp3) is 0.0714. The first-order chi connectivity index (χ1) is 11.5. The number of halogens is 5. The molecule has 0 saturated heterocycles. The summed E-state index contributed by atoms with van der Waals surface area (Å²) >= 11 is 5.47. The van der Waals surface area contributed by atoms with E-state index in [9.17, 15) is 30.3 Å². The molecular formula is C14H9ClF4N2O3S. The fourth-order valence-electron chi connectivity index (χ4n) is 1.81. The third-order valence-electron chi connectivity index (χ3n) is 2.92. The van der Waals surface area contributed by atoms with Crippen LogP contribution in [0.25, 0.3) is 0 Å². The van der Waals surface area contributed by atoms with Gasteiger partial charge in [0.05, 0.1) is 15.5 Å². The standard InChI is InChI=1S/C14H9ClF4N2O3S/c15-12-6-3-9(7-11(12)14(16,17)18)21-13(22)20-8-1-4-10(5-2-8)25(19,23)24/h1-7H,(H2,20,21,22). The second kappa shape index (κ2) is 6.89. The van der Waals surface area contributed by atoms with Crippen molar-refractivity contribution in [2.45, 2.75) is 11.1 Å². The molecule has 134 valence electrons. The van der Waals surface area contributed by atoms with Crippen molar-refractivity contribution in [2.75, 3.05) is 10.6 Å². The lowest BCUT2D eigenvalue weighted by Crippen LogP contribution is -2.20. The molecule has 2 N–H and O–H groups in total. The molecule has 0 aliphatic carbocycles. The van der Waals surface area contributed by atoms with Crippen molar-refractivity contribution < 1.29 is 30.3 Å². The highest BCUT2D eigenvalue weighted by molar-refractivity contribution is 7.86. The molecule has 0 aromatic heterocycles. The third kappa shape index (κ3) is 5.07. The molecule has 0 saturated carbocycles. The van der Waals surface area contributed by atoms with Crippen molar-refractivity contribution in [1.82, 2.24) is 0 Å². The van der Waals surface area contributed by atoms with Crippen LogP contribution in [0.15, 0.2) is 47.4 Å². The Morgan fingerprint density at radius 2 is 1.48 bits per heavy atom. The molecule has 2 amide bonds. The zero-order valence-electron chi connectivity index (χ0n) is 12.1. The van der Waals surface area contributed by atoms with E-state index in [1.807, 2.05) is 0 Å². The van der Waals surface area contributed by atoms with Crippen LogP contribution in [0.3, 0.4) is 0 Å². The largest absolute Gasteiger partial charge is 0.417 e. The van der Waals surface area contributed by atoms with E-state index in [2.05, 4.69) is 10.6 Å². The number of carbonyl (C=O) groups is 1. The summed E-state index contributed by atoms with van der Waals surface area (Å²) in [4.78, 5) is 11.2. The van der Waals surface area contributed by atoms with Gasteiger partial charge in [-0.2, -0.15) is 21.6 Å². The van der Waals surface area contributed by atoms with Gasteiger partial charge in [-0.1, -0.05) is 11.6 Å². The number of hydrogen-bond donors (Lipinski definition) is 2. The second-order valence-electron chi connectivity index (χ2n) is 4.73. The molecule has 2 aromatic rings. The number of alkyl halides is 3. The monoisotopic (exact) mass is 396 g/mol. The first-order valence-electron chi connectivity index (χ1n) is 6.46. The molecule has 0 unspecified atom stereocenters. The molecule has 0 heterocycles. The van der Waals surface area contributed by atoms with Gasteiger partial charge in [0.2, 0.25) is 0 Å². The summed E-state index contributed by atoms with van der Waals surface area (Å²) in [6.45, 7) is 0. The van der Waals surface area contributed by atoms with Gasteiger partial charge in [-0.15, -0.1) is 3.89 Å². The van der Waals surface area contributed by atoms with E-state index in [-0.39, 0.29) is 11.4 Å². The highest BCUT2D eigenvalue weighted by Gasteiger charge is 2.33. The second-order valence-corrected chi connectivity index (χ2v) is 6.49. The summed E-state index contributed by atoms with van der Waals surface area (Å²) < 4.78 is 72.4. The molecule has 2 aromatic carbocycles. The van der Waals surface area contributed by atoms with Gasteiger partial charge in [-0.3, -0.25) is 0 Å².